The van der Waals surface area contributed by atoms with Crippen LogP contribution in [-0.4, -0.2) is 0 Å². The highest BCUT2D eigenvalue weighted by Gasteiger charge is 2.10. The summed E-state index contributed by atoms with van der Waals surface area (Å²) in [5.74, 6) is -1.49. The second kappa shape index (κ2) is 4.97. The molecule has 0 fully saturated rings. The van der Waals surface area contributed by atoms with Gasteiger partial charge in [0.25, 0.3) is 0 Å². The summed E-state index contributed by atoms with van der Waals surface area (Å²) >= 11 is 0. The van der Waals surface area contributed by atoms with Crippen LogP contribution in [0.1, 0.15) is 11.3 Å². The van der Waals surface area contributed by atoms with E-state index in [9.17, 15) is 8.78 Å². The third-order valence-corrected chi connectivity index (χ3v) is 2.32. The van der Waals surface area contributed by atoms with E-state index in [1.54, 1.807) is 6.07 Å². The molecule has 0 bridgehead atoms. The van der Waals surface area contributed by atoms with E-state index < -0.39 is 11.6 Å². The van der Waals surface area contributed by atoms with Crippen molar-refractivity contribution >= 4 is 0 Å². The van der Waals surface area contributed by atoms with Crippen LogP contribution in [0.5, 0.6) is 5.75 Å². The van der Waals surface area contributed by atoms with Gasteiger partial charge in [-0.3, -0.25) is 0 Å². The summed E-state index contributed by atoms with van der Waals surface area (Å²) in [6, 6.07) is 5.46. The van der Waals surface area contributed by atoms with Crippen molar-refractivity contribution in [3.05, 3.63) is 53.5 Å². The lowest BCUT2D eigenvalue weighted by atomic mass is 10.2. The number of halogens is 2. The molecule has 1 aromatic carbocycles. The molecule has 0 saturated carbocycles. The van der Waals surface area contributed by atoms with Gasteiger partial charge in [-0.1, -0.05) is 6.07 Å². The topological polar surface area (TPSA) is 48.4 Å². The SMILES string of the molecule is NCc1occc1COc1cccc(F)c1F. The molecule has 0 spiro atoms. The zero-order chi connectivity index (χ0) is 12.3. The summed E-state index contributed by atoms with van der Waals surface area (Å²) in [6.07, 6.45) is 1.48. The van der Waals surface area contributed by atoms with Gasteiger partial charge in [-0.05, 0) is 18.2 Å². The first-order chi connectivity index (χ1) is 8.22. The number of ether oxygens (including phenoxy) is 1. The maximum Gasteiger partial charge on any atom is 0.200 e. The first-order valence-electron chi connectivity index (χ1n) is 5.04. The zero-order valence-electron chi connectivity index (χ0n) is 8.95. The van der Waals surface area contributed by atoms with Crippen LogP contribution in [0.2, 0.25) is 0 Å². The van der Waals surface area contributed by atoms with Gasteiger partial charge in [0.05, 0.1) is 12.8 Å². The lowest BCUT2D eigenvalue weighted by molar-refractivity contribution is 0.281. The molecule has 0 saturated heterocycles. The number of furan rings is 1. The fourth-order valence-electron chi connectivity index (χ4n) is 1.43. The molecule has 0 atom stereocenters. The van der Waals surface area contributed by atoms with Gasteiger partial charge in [-0.25, -0.2) is 4.39 Å². The van der Waals surface area contributed by atoms with Crippen LogP contribution in [0.25, 0.3) is 0 Å². The van der Waals surface area contributed by atoms with Gasteiger partial charge < -0.3 is 14.9 Å². The summed E-state index contributed by atoms with van der Waals surface area (Å²) in [6.45, 7) is 0.320. The van der Waals surface area contributed by atoms with Gasteiger partial charge >= 0.3 is 0 Å². The minimum Gasteiger partial charge on any atom is -0.486 e. The van der Waals surface area contributed by atoms with Crippen molar-refractivity contribution in [2.24, 2.45) is 5.73 Å². The molecule has 90 valence electrons. The third kappa shape index (κ3) is 2.45. The Morgan fingerprint density at radius 3 is 2.82 bits per heavy atom. The van der Waals surface area contributed by atoms with E-state index in [0.717, 1.165) is 11.6 Å². The monoisotopic (exact) mass is 239 g/mol. The molecule has 3 nitrogen and oxygen atoms in total. The molecular weight excluding hydrogens is 228 g/mol. The molecule has 0 amide bonds. The van der Waals surface area contributed by atoms with E-state index >= 15 is 0 Å². The molecule has 0 aliphatic carbocycles. The van der Waals surface area contributed by atoms with Crippen molar-refractivity contribution in [2.45, 2.75) is 13.2 Å². The van der Waals surface area contributed by atoms with E-state index in [-0.39, 0.29) is 18.9 Å². The van der Waals surface area contributed by atoms with E-state index in [1.807, 2.05) is 0 Å². The van der Waals surface area contributed by atoms with Crippen LogP contribution >= 0.6 is 0 Å². The first kappa shape index (κ1) is 11.6. The van der Waals surface area contributed by atoms with Crippen LogP contribution in [0, 0.1) is 11.6 Å². The second-order valence-electron chi connectivity index (χ2n) is 3.41. The maximum atomic E-state index is 13.3. The average molecular weight is 239 g/mol. The molecule has 2 N–H and O–H groups in total. The fourth-order valence-corrected chi connectivity index (χ4v) is 1.43. The highest BCUT2D eigenvalue weighted by atomic mass is 19.2. The lowest BCUT2D eigenvalue weighted by Gasteiger charge is -2.07. The van der Waals surface area contributed by atoms with E-state index in [2.05, 4.69) is 0 Å². The van der Waals surface area contributed by atoms with Crippen molar-refractivity contribution in [3.63, 3.8) is 0 Å². The fraction of sp³-hybridized carbons (Fsp3) is 0.167. The number of nitrogens with two attached hydrogens (primary N) is 1. The number of hydrogen-bond donors (Lipinski definition) is 1. The molecule has 0 aliphatic rings. The summed E-state index contributed by atoms with van der Waals surface area (Å²) in [5.41, 5.74) is 6.15. The molecular formula is C12H11F2NO2. The Balaban J connectivity index is 2.10. The Hall–Kier alpha value is -1.88. The predicted octanol–water partition coefficient (Wildman–Crippen LogP) is 2.60. The molecule has 2 aromatic rings. The maximum absolute atomic E-state index is 13.3. The van der Waals surface area contributed by atoms with Crippen LogP contribution in [-0.2, 0) is 13.2 Å². The summed E-state index contributed by atoms with van der Waals surface area (Å²) in [4.78, 5) is 0. The van der Waals surface area contributed by atoms with Gasteiger partial charge in [-0.2, -0.15) is 4.39 Å². The van der Waals surface area contributed by atoms with E-state index in [0.29, 0.717) is 5.76 Å². The van der Waals surface area contributed by atoms with Gasteiger partial charge in [0, 0.05) is 5.56 Å². The van der Waals surface area contributed by atoms with E-state index in [1.165, 1.54) is 18.4 Å². The minimum absolute atomic E-state index is 0.0867. The largest absolute Gasteiger partial charge is 0.486 e. The number of benzene rings is 1. The molecule has 5 heteroatoms. The standard InChI is InChI=1S/C12H11F2NO2/c13-9-2-1-3-10(12(9)14)17-7-8-4-5-16-11(8)6-15/h1-5H,6-7,15H2. The molecule has 1 aromatic heterocycles. The Morgan fingerprint density at radius 1 is 1.24 bits per heavy atom. The highest BCUT2D eigenvalue weighted by Crippen LogP contribution is 2.21. The first-order valence-corrected chi connectivity index (χ1v) is 5.04. The Labute approximate surface area is 96.8 Å². The lowest BCUT2D eigenvalue weighted by Crippen LogP contribution is -2.03. The molecule has 17 heavy (non-hydrogen) atoms. The predicted molar refractivity (Wildman–Crippen MR) is 57.3 cm³/mol. The van der Waals surface area contributed by atoms with E-state index in [4.69, 9.17) is 14.9 Å². The normalized spacial score (nSPS) is 10.5. The number of hydrogen-bond acceptors (Lipinski definition) is 3. The Bertz CT molecular complexity index is 511. The summed E-state index contributed by atoms with van der Waals surface area (Å²) in [5, 5.41) is 0. The summed E-state index contributed by atoms with van der Waals surface area (Å²) in [7, 11) is 0. The van der Waals surface area contributed by atoms with Crippen molar-refractivity contribution < 1.29 is 17.9 Å². The smallest absolute Gasteiger partial charge is 0.200 e. The molecule has 1 heterocycles. The van der Waals surface area contributed by atoms with Gasteiger partial charge in [0.1, 0.15) is 12.4 Å². The third-order valence-electron chi connectivity index (χ3n) is 2.32. The van der Waals surface area contributed by atoms with Crippen molar-refractivity contribution in [1.82, 2.24) is 0 Å². The molecule has 0 radical (unpaired) electrons. The Morgan fingerprint density at radius 2 is 2.06 bits per heavy atom. The molecule has 2 rings (SSSR count). The number of rotatable bonds is 4. The van der Waals surface area contributed by atoms with Crippen LogP contribution < -0.4 is 10.5 Å². The Kier molecular flexibility index (Phi) is 3.39. The van der Waals surface area contributed by atoms with Crippen LogP contribution in [0.15, 0.2) is 34.9 Å². The van der Waals surface area contributed by atoms with Crippen molar-refractivity contribution in [1.29, 1.82) is 0 Å². The average Bonchev–Trinajstić information content (AvgIpc) is 2.78. The van der Waals surface area contributed by atoms with Gasteiger partial charge in [0.2, 0.25) is 5.82 Å². The minimum atomic E-state index is -0.995. The van der Waals surface area contributed by atoms with Crippen molar-refractivity contribution in [3.8, 4) is 5.75 Å². The van der Waals surface area contributed by atoms with Crippen LogP contribution in [0.4, 0.5) is 8.78 Å². The van der Waals surface area contributed by atoms with Crippen LogP contribution in [0.3, 0.4) is 0 Å². The molecule has 0 aliphatic heterocycles. The zero-order valence-corrected chi connectivity index (χ0v) is 8.95. The van der Waals surface area contributed by atoms with Crippen molar-refractivity contribution in [2.75, 3.05) is 0 Å². The van der Waals surface area contributed by atoms with Gasteiger partial charge in [-0.15, -0.1) is 0 Å². The molecule has 0 unspecified atom stereocenters. The highest BCUT2D eigenvalue weighted by molar-refractivity contribution is 5.26. The van der Waals surface area contributed by atoms with Gasteiger partial charge in [0.15, 0.2) is 11.6 Å². The second-order valence-corrected chi connectivity index (χ2v) is 3.41. The summed E-state index contributed by atoms with van der Waals surface area (Å²) < 4.78 is 36.4. The quantitative estimate of drug-likeness (QED) is 0.892.